The zero-order chi connectivity index (χ0) is 49.6. The van der Waals surface area contributed by atoms with Crippen molar-refractivity contribution in [3.63, 3.8) is 0 Å². The van der Waals surface area contributed by atoms with Crippen molar-refractivity contribution in [3.05, 3.63) is 105 Å². The first kappa shape index (κ1) is 49.8. The molecule has 0 unspecified atom stereocenters. The van der Waals surface area contributed by atoms with Gasteiger partial charge in [0.25, 0.3) is 0 Å². The number of carboxylic acid groups (broad SMARTS) is 1. The molecule has 24 heteroatoms. The molecule has 0 saturated carbocycles. The second kappa shape index (κ2) is 18.6. The number of hydrogen-bond donors (Lipinski definition) is 1. The van der Waals surface area contributed by atoms with E-state index in [-0.39, 0.29) is 75.1 Å². The minimum Gasteiger partial charge on any atom is -0.478 e. The van der Waals surface area contributed by atoms with E-state index in [1.807, 2.05) is 6.92 Å². The lowest BCUT2D eigenvalue weighted by molar-refractivity contribution is -0.253. The summed E-state index contributed by atoms with van der Waals surface area (Å²) in [5.41, 5.74) is -0.726. The average molecular weight is 971 g/mol. The molecule has 4 aromatic heterocycles. The van der Waals surface area contributed by atoms with Crippen molar-refractivity contribution < 1.29 is 67.7 Å². The summed E-state index contributed by atoms with van der Waals surface area (Å²) >= 11 is 0. The molecular formula is C43H42F8N6O9S. The molecule has 0 bridgehead atoms. The number of nitrogens with zero attached hydrogens (tertiary/aromatic N) is 6. The monoisotopic (exact) mass is 970 g/mol. The lowest BCUT2D eigenvalue weighted by Crippen LogP contribution is -2.33. The summed E-state index contributed by atoms with van der Waals surface area (Å²) in [5, 5.41) is 9.17. The van der Waals surface area contributed by atoms with Crippen LogP contribution in [0.5, 0.6) is 11.5 Å². The Morgan fingerprint density at radius 2 is 1.12 bits per heavy atom. The smallest absolute Gasteiger partial charge is 0.461 e. The predicted octanol–water partition coefficient (Wildman–Crippen LogP) is 8.50. The van der Waals surface area contributed by atoms with Gasteiger partial charge in [0, 0.05) is 48.6 Å². The molecule has 1 aliphatic heterocycles. The Morgan fingerprint density at radius 3 is 1.51 bits per heavy atom. The van der Waals surface area contributed by atoms with Gasteiger partial charge in [0.05, 0.1) is 39.5 Å². The number of rotatable bonds is 14. The van der Waals surface area contributed by atoms with Gasteiger partial charge in [-0.25, -0.2) is 41.9 Å². The summed E-state index contributed by atoms with van der Waals surface area (Å²) < 4.78 is 140. The fourth-order valence-electron chi connectivity index (χ4n) is 7.40. The number of aromatic nitrogens is 6. The van der Waals surface area contributed by atoms with Gasteiger partial charge in [-0.05, 0) is 82.3 Å². The molecule has 1 aliphatic rings. The number of sulfone groups is 1. The van der Waals surface area contributed by atoms with Crippen LogP contribution in [0.2, 0.25) is 0 Å². The highest BCUT2D eigenvalue weighted by molar-refractivity contribution is 7.91. The molecule has 0 spiro atoms. The molecule has 0 amide bonds. The van der Waals surface area contributed by atoms with Gasteiger partial charge in [0.2, 0.25) is 0 Å². The van der Waals surface area contributed by atoms with Crippen molar-refractivity contribution in [2.45, 2.75) is 91.0 Å². The van der Waals surface area contributed by atoms with Gasteiger partial charge in [0.1, 0.15) is 21.3 Å². The van der Waals surface area contributed by atoms with Gasteiger partial charge in [-0.2, -0.15) is 35.1 Å². The normalized spacial score (nSPS) is 15.1. The average Bonchev–Trinajstić information content (AvgIpc) is 3.70. The molecule has 0 atom stereocenters. The van der Waals surface area contributed by atoms with E-state index in [4.69, 9.17) is 0 Å². The van der Waals surface area contributed by atoms with Crippen LogP contribution in [0.3, 0.4) is 0 Å². The number of Topliss-reactive ketones (excluding diaryl/α,β-unsaturated/α-hetero) is 1. The number of fused-ring (bicyclic) bond motifs is 2. The van der Waals surface area contributed by atoms with Crippen LogP contribution < -0.4 is 20.9 Å². The van der Waals surface area contributed by atoms with E-state index < -0.39 is 69.2 Å². The van der Waals surface area contributed by atoms with Crippen LogP contribution in [-0.2, 0) is 9.84 Å². The predicted molar refractivity (Wildman–Crippen MR) is 226 cm³/mol. The van der Waals surface area contributed by atoms with Crippen molar-refractivity contribution in [3.8, 4) is 22.9 Å². The van der Waals surface area contributed by atoms with Crippen LogP contribution in [0.25, 0.3) is 33.7 Å². The Hall–Kier alpha value is -6.59. The van der Waals surface area contributed by atoms with Crippen LogP contribution >= 0.6 is 0 Å². The van der Waals surface area contributed by atoms with E-state index in [1.54, 1.807) is 27.7 Å². The van der Waals surface area contributed by atoms with E-state index in [0.29, 0.717) is 18.4 Å². The number of alkyl halides is 8. The highest BCUT2D eigenvalue weighted by atomic mass is 32.2. The van der Waals surface area contributed by atoms with Crippen LogP contribution in [0.4, 0.5) is 35.1 Å². The van der Waals surface area contributed by atoms with Gasteiger partial charge in [-0.1, -0.05) is 19.1 Å². The minimum atomic E-state index is -4.72. The van der Waals surface area contributed by atoms with Crippen LogP contribution in [0.1, 0.15) is 86.7 Å². The lowest BCUT2D eigenvalue weighted by atomic mass is 9.78. The Morgan fingerprint density at radius 1 is 0.716 bits per heavy atom. The number of carboxylic acids is 1. The van der Waals surface area contributed by atoms with E-state index in [0.717, 1.165) is 39.6 Å². The summed E-state index contributed by atoms with van der Waals surface area (Å²) in [6.45, 7) is 8.75. The number of ketones is 1. The molecule has 0 radical (unpaired) electrons. The van der Waals surface area contributed by atoms with E-state index in [2.05, 4.69) is 19.4 Å². The zero-order valence-corrected chi connectivity index (χ0v) is 36.9. The van der Waals surface area contributed by atoms with Crippen molar-refractivity contribution >= 4 is 43.9 Å². The standard InChI is InChI=1S/C25H27F4N3O5S.C18H15F4N3O4/c1-15(2)31-19-11-16(20(33)13-24(3)7-9-38(35,36)10-8-24)14-30-21(19)32(23(31)34)17-5-4-6-18(12-17)37-25(28,29)22(26)27;1-9(2)24-13-6-10(15(26)27)8-23-14(13)25(17(24)28)11-4-3-5-12(7-11)29-18(21,22)16(19)20/h4-6,11-12,14-15,22H,7-10,13H2,1-3H3;3-9,16H,1-2H3,(H,26,27). The molecule has 6 aromatic rings. The third-order valence-electron chi connectivity index (χ3n) is 10.8. The summed E-state index contributed by atoms with van der Waals surface area (Å²) in [6, 6.07) is 11.5. The van der Waals surface area contributed by atoms with Crippen molar-refractivity contribution in [2.24, 2.45) is 5.41 Å². The SMILES string of the molecule is CC(C)n1c(=O)n(-c2cccc(OC(F)(F)C(F)F)c2)c2ncc(C(=O)CC3(C)CCS(=O)(=O)CC3)cc21.CC(C)n1c(=O)n(-c2cccc(OC(F)(F)C(F)F)c2)c2ncc(C(=O)O)cc21. The second-order valence-corrected chi connectivity index (χ2v) is 18.9. The highest BCUT2D eigenvalue weighted by Gasteiger charge is 2.45. The molecule has 1 N–H and O–H groups in total. The number of carbonyl (C=O) groups is 2. The minimum absolute atomic E-state index is 0.0236. The van der Waals surface area contributed by atoms with Gasteiger partial charge >= 0.3 is 42.4 Å². The number of pyridine rings is 2. The number of halogens is 8. The molecule has 7 rings (SSSR count). The molecule has 1 saturated heterocycles. The Balaban J connectivity index is 0.000000229. The zero-order valence-electron chi connectivity index (χ0n) is 36.1. The van der Waals surface area contributed by atoms with Crippen molar-refractivity contribution in [1.82, 2.24) is 28.2 Å². The fraction of sp³-hybridized carbons (Fsp3) is 0.395. The third kappa shape index (κ3) is 10.5. The molecule has 2 aromatic carbocycles. The molecule has 360 valence electrons. The number of carbonyl (C=O) groups excluding carboxylic acids is 1. The highest BCUT2D eigenvalue weighted by Crippen LogP contribution is 2.37. The molecule has 15 nitrogen and oxygen atoms in total. The number of aromatic carboxylic acids is 1. The first-order valence-electron chi connectivity index (χ1n) is 20.3. The Kier molecular flexibility index (Phi) is 13.8. The summed E-state index contributed by atoms with van der Waals surface area (Å²) in [6.07, 6.45) is -14.3. The molecular weight excluding hydrogens is 929 g/mol. The topological polar surface area (TPSA) is 187 Å². The molecule has 67 heavy (non-hydrogen) atoms. The van der Waals surface area contributed by atoms with Crippen LogP contribution in [0, 0.1) is 5.41 Å². The number of imidazole rings is 2. The van der Waals surface area contributed by atoms with Crippen LogP contribution in [0.15, 0.2) is 82.6 Å². The maximum Gasteiger partial charge on any atom is 0.461 e. The van der Waals surface area contributed by atoms with E-state index in [1.165, 1.54) is 51.7 Å². The fourth-order valence-corrected chi connectivity index (χ4v) is 9.21. The van der Waals surface area contributed by atoms with Gasteiger partial charge in [0.15, 0.2) is 17.1 Å². The van der Waals surface area contributed by atoms with Crippen molar-refractivity contribution in [1.29, 1.82) is 0 Å². The summed E-state index contributed by atoms with van der Waals surface area (Å²) in [5.74, 6) is -2.58. The molecule has 0 aliphatic carbocycles. The second-order valence-electron chi connectivity index (χ2n) is 16.6. The maximum absolute atomic E-state index is 13.4. The number of hydrogen-bond acceptors (Lipinski definition) is 10. The van der Waals surface area contributed by atoms with E-state index >= 15 is 0 Å². The third-order valence-corrected chi connectivity index (χ3v) is 12.5. The first-order chi connectivity index (χ1) is 31.1. The van der Waals surface area contributed by atoms with Crippen molar-refractivity contribution in [2.75, 3.05) is 11.5 Å². The molecule has 1 fully saturated rings. The molecule has 5 heterocycles. The lowest BCUT2D eigenvalue weighted by Gasteiger charge is -2.32. The number of benzene rings is 2. The van der Waals surface area contributed by atoms with Gasteiger partial charge in [-0.3, -0.25) is 13.9 Å². The Bertz CT molecular complexity index is 3080. The van der Waals surface area contributed by atoms with Gasteiger partial charge < -0.3 is 14.6 Å². The maximum atomic E-state index is 13.4. The first-order valence-corrected chi connectivity index (χ1v) is 22.1. The Labute approximate surface area is 375 Å². The summed E-state index contributed by atoms with van der Waals surface area (Å²) in [7, 11) is -3.10. The largest absolute Gasteiger partial charge is 0.478 e. The number of ether oxygens (including phenoxy) is 2. The quantitative estimate of drug-likeness (QED) is 0.0815. The van der Waals surface area contributed by atoms with Crippen LogP contribution in [-0.4, -0.2) is 90.1 Å². The summed E-state index contributed by atoms with van der Waals surface area (Å²) in [4.78, 5) is 59.1. The van der Waals surface area contributed by atoms with Gasteiger partial charge in [-0.15, -0.1) is 0 Å². The van der Waals surface area contributed by atoms with E-state index in [9.17, 15) is 67.8 Å².